The molecule has 2 rings (SSSR count). The molecule has 0 atom stereocenters. The molecule has 0 amide bonds. The van der Waals surface area contributed by atoms with Crippen molar-refractivity contribution in [2.45, 2.75) is 38.8 Å². The van der Waals surface area contributed by atoms with Gasteiger partial charge in [-0.05, 0) is 26.3 Å². The van der Waals surface area contributed by atoms with Gasteiger partial charge in [0.15, 0.2) is 0 Å². The van der Waals surface area contributed by atoms with Gasteiger partial charge >= 0.3 is 0 Å². The average Bonchev–Trinajstić information content (AvgIpc) is 3.04. The highest BCUT2D eigenvalue weighted by Gasteiger charge is 2.25. The summed E-state index contributed by atoms with van der Waals surface area (Å²) in [6.07, 6.45) is 5.84. The fourth-order valence-electron chi connectivity index (χ4n) is 1.76. The predicted octanol–water partition coefficient (Wildman–Crippen LogP) is 1.89. The fraction of sp³-hybridized carbons (Fsp3) is 0.750. The Morgan fingerprint density at radius 3 is 3.00 bits per heavy atom. The molecule has 0 radical (unpaired) electrons. The maximum absolute atomic E-state index is 4.35. The Bertz CT molecular complexity index is 320. The van der Waals surface area contributed by atoms with Crippen molar-refractivity contribution in [2.75, 3.05) is 20.1 Å². The summed E-state index contributed by atoms with van der Waals surface area (Å²) >= 11 is 1.82. The van der Waals surface area contributed by atoms with Crippen molar-refractivity contribution in [1.82, 2.24) is 15.2 Å². The van der Waals surface area contributed by atoms with Gasteiger partial charge < -0.3 is 10.2 Å². The van der Waals surface area contributed by atoms with Gasteiger partial charge in [-0.3, -0.25) is 0 Å². The Hall–Kier alpha value is -0.450. The summed E-state index contributed by atoms with van der Waals surface area (Å²) in [5.74, 6) is 0. The number of hydrogen-bond acceptors (Lipinski definition) is 4. The Morgan fingerprint density at radius 2 is 2.38 bits per heavy atom. The third-order valence-corrected chi connectivity index (χ3v) is 4.16. The summed E-state index contributed by atoms with van der Waals surface area (Å²) in [7, 11) is 2.22. The van der Waals surface area contributed by atoms with Crippen LogP contribution in [0.2, 0.25) is 0 Å². The number of nitrogens with zero attached hydrogens (tertiary/aromatic N) is 2. The van der Waals surface area contributed by atoms with Crippen LogP contribution < -0.4 is 5.32 Å². The highest BCUT2D eigenvalue weighted by atomic mass is 32.1. The molecule has 0 aliphatic heterocycles. The van der Waals surface area contributed by atoms with Gasteiger partial charge in [-0.1, -0.05) is 6.92 Å². The third kappa shape index (κ3) is 3.54. The van der Waals surface area contributed by atoms with Crippen molar-refractivity contribution in [1.29, 1.82) is 0 Å². The number of aromatic nitrogens is 1. The zero-order valence-electron chi connectivity index (χ0n) is 10.2. The monoisotopic (exact) mass is 239 g/mol. The van der Waals surface area contributed by atoms with Gasteiger partial charge in [0.25, 0.3) is 0 Å². The smallest absolute Gasteiger partial charge is 0.0925 e. The van der Waals surface area contributed by atoms with Crippen molar-refractivity contribution in [2.24, 2.45) is 0 Å². The Kier molecular flexibility index (Phi) is 4.32. The van der Waals surface area contributed by atoms with Crippen molar-refractivity contribution < 1.29 is 0 Å². The molecule has 1 saturated carbocycles. The molecule has 16 heavy (non-hydrogen) atoms. The number of likely N-dealkylation sites (N-methyl/N-ethyl adjacent to an activating group) is 1. The topological polar surface area (TPSA) is 28.2 Å². The molecule has 3 nitrogen and oxygen atoms in total. The van der Waals surface area contributed by atoms with Crippen LogP contribution in [0.15, 0.2) is 6.20 Å². The van der Waals surface area contributed by atoms with Crippen LogP contribution in [0.5, 0.6) is 0 Å². The summed E-state index contributed by atoms with van der Waals surface area (Å²) in [5.41, 5.74) is 0. The molecule has 4 heteroatoms. The lowest BCUT2D eigenvalue weighted by atomic mass is 10.4. The summed E-state index contributed by atoms with van der Waals surface area (Å²) in [6, 6.07) is 0.872. The quantitative estimate of drug-likeness (QED) is 0.737. The van der Waals surface area contributed by atoms with E-state index >= 15 is 0 Å². The van der Waals surface area contributed by atoms with Crippen LogP contribution in [-0.2, 0) is 13.0 Å². The second-order valence-corrected chi connectivity index (χ2v) is 5.66. The Balaban J connectivity index is 1.60. The van der Waals surface area contributed by atoms with E-state index in [1.54, 1.807) is 0 Å². The fourth-order valence-corrected chi connectivity index (χ4v) is 2.59. The molecule has 0 saturated heterocycles. The van der Waals surface area contributed by atoms with E-state index in [0.29, 0.717) is 0 Å². The zero-order chi connectivity index (χ0) is 11.4. The molecule has 1 aromatic rings. The van der Waals surface area contributed by atoms with Gasteiger partial charge in [-0.15, -0.1) is 11.3 Å². The molecular formula is C12H21N3S. The molecule has 0 unspecified atom stereocenters. The normalized spacial score (nSPS) is 15.9. The first-order chi connectivity index (χ1) is 7.79. The molecule has 1 fully saturated rings. The van der Waals surface area contributed by atoms with Crippen LogP contribution >= 0.6 is 11.3 Å². The van der Waals surface area contributed by atoms with E-state index in [0.717, 1.165) is 32.1 Å². The van der Waals surface area contributed by atoms with Crippen molar-refractivity contribution >= 4 is 11.3 Å². The molecule has 90 valence electrons. The minimum absolute atomic E-state index is 0.872. The van der Waals surface area contributed by atoms with Gasteiger partial charge in [-0.25, -0.2) is 4.98 Å². The lowest BCUT2D eigenvalue weighted by Crippen LogP contribution is -2.30. The van der Waals surface area contributed by atoms with E-state index in [4.69, 9.17) is 0 Å². The van der Waals surface area contributed by atoms with Crippen LogP contribution in [0.25, 0.3) is 0 Å². The highest BCUT2D eigenvalue weighted by Crippen LogP contribution is 2.24. The Morgan fingerprint density at radius 1 is 1.56 bits per heavy atom. The molecule has 0 aromatic carbocycles. The second-order valence-electron chi connectivity index (χ2n) is 4.46. The molecular weight excluding hydrogens is 218 g/mol. The minimum Gasteiger partial charge on any atom is -0.311 e. The number of rotatable bonds is 7. The summed E-state index contributed by atoms with van der Waals surface area (Å²) < 4.78 is 0. The largest absolute Gasteiger partial charge is 0.311 e. The first-order valence-electron chi connectivity index (χ1n) is 6.14. The zero-order valence-corrected chi connectivity index (χ0v) is 11.0. The van der Waals surface area contributed by atoms with E-state index in [-0.39, 0.29) is 0 Å². The van der Waals surface area contributed by atoms with Crippen molar-refractivity contribution in [3.63, 3.8) is 0 Å². The molecule has 1 N–H and O–H groups in total. The van der Waals surface area contributed by atoms with Gasteiger partial charge in [0.1, 0.15) is 0 Å². The number of nitrogens with one attached hydrogen (secondary N) is 1. The average molecular weight is 239 g/mol. The van der Waals surface area contributed by atoms with E-state index in [9.17, 15) is 0 Å². The Labute approximate surface area is 102 Å². The predicted molar refractivity (Wildman–Crippen MR) is 68.9 cm³/mol. The van der Waals surface area contributed by atoms with Crippen LogP contribution in [0.3, 0.4) is 0 Å². The van der Waals surface area contributed by atoms with Gasteiger partial charge in [0.05, 0.1) is 5.01 Å². The summed E-state index contributed by atoms with van der Waals surface area (Å²) in [4.78, 5) is 8.16. The number of aryl methyl sites for hydroxylation is 1. The number of hydrogen-bond donors (Lipinski definition) is 1. The van der Waals surface area contributed by atoms with Crippen LogP contribution in [0.1, 0.15) is 29.7 Å². The molecule has 0 spiro atoms. The van der Waals surface area contributed by atoms with E-state index in [1.165, 1.54) is 22.7 Å². The van der Waals surface area contributed by atoms with E-state index < -0.39 is 0 Å². The molecule has 1 aromatic heterocycles. The van der Waals surface area contributed by atoms with Gasteiger partial charge in [0, 0.05) is 36.8 Å². The second kappa shape index (κ2) is 5.75. The summed E-state index contributed by atoms with van der Waals surface area (Å²) in [6.45, 7) is 5.35. The maximum Gasteiger partial charge on any atom is 0.0925 e. The maximum atomic E-state index is 4.35. The van der Waals surface area contributed by atoms with Crippen LogP contribution in [0, 0.1) is 0 Å². The molecule has 1 aliphatic rings. The molecule has 1 heterocycles. The lowest BCUT2D eigenvalue weighted by Gasteiger charge is -2.15. The van der Waals surface area contributed by atoms with Crippen molar-refractivity contribution in [3.8, 4) is 0 Å². The SMILES string of the molecule is CCc1ncc(CNCCN(C)C2CC2)s1. The third-order valence-electron chi connectivity index (χ3n) is 3.01. The molecule has 0 bridgehead atoms. The minimum atomic E-state index is 0.872. The highest BCUT2D eigenvalue weighted by molar-refractivity contribution is 7.11. The molecule has 1 aliphatic carbocycles. The van der Waals surface area contributed by atoms with Gasteiger partial charge in [0.2, 0.25) is 0 Å². The van der Waals surface area contributed by atoms with Gasteiger partial charge in [-0.2, -0.15) is 0 Å². The van der Waals surface area contributed by atoms with Crippen molar-refractivity contribution in [3.05, 3.63) is 16.1 Å². The van der Waals surface area contributed by atoms with Crippen LogP contribution in [-0.4, -0.2) is 36.1 Å². The number of thiazole rings is 1. The first-order valence-corrected chi connectivity index (χ1v) is 6.95. The van der Waals surface area contributed by atoms with E-state index in [1.807, 2.05) is 17.5 Å². The summed E-state index contributed by atoms with van der Waals surface area (Å²) in [5, 5.41) is 4.72. The van der Waals surface area contributed by atoms with E-state index in [2.05, 4.69) is 29.2 Å². The standard InChI is InChI=1S/C12H21N3S/c1-3-12-14-9-11(16-12)8-13-6-7-15(2)10-4-5-10/h9-10,13H,3-8H2,1-2H3. The first kappa shape index (κ1) is 12.0. The van der Waals surface area contributed by atoms with Crippen LogP contribution in [0.4, 0.5) is 0 Å². The lowest BCUT2D eigenvalue weighted by molar-refractivity contribution is 0.322.